The number of halogens is 2. The monoisotopic (exact) mass is 271 g/mol. The third-order valence-electron chi connectivity index (χ3n) is 2.87. The molecule has 2 nitrogen and oxygen atoms in total. The van der Waals surface area contributed by atoms with Gasteiger partial charge in [0.1, 0.15) is 10.4 Å². The summed E-state index contributed by atoms with van der Waals surface area (Å²) < 4.78 is 5.31. The molecule has 2 aromatic rings. The van der Waals surface area contributed by atoms with Crippen LogP contribution in [-0.4, -0.2) is 17.9 Å². The molecule has 1 heterocycles. The molecule has 1 aromatic heterocycles. The van der Waals surface area contributed by atoms with Gasteiger partial charge in [0.25, 0.3) is 0 Å². The van der Waals surface area contributed by atoms with Gasteiger partial charge in [-0.1, -0.05) is 6.07 Å². The second kappa shape index (κ2) is 5.76. The number of hydrogen-bond donors (Lipinski definition) is 1. The van der Waals surface area contributed by atoms with E-state index in [1.807, 2.05) is 19.2 Å². The summed E-state index contributed by atoms with van der Waals surface area (Å²) >= 11 is 11.6. The van der Waals surface area contributed by atoms with E-state index in [9.17, 15) is 0 Å². The Balaban J connectivity index is 2.10. The highest BCUT2D eigenvalue weighted by atomic mass is 35.5. The largest absolute Gasteiger partial charge is 0.464 e. The Kier molecular flexibility index (Phi) is 4.32. The fourth-order valence-electron chi connectivity index (χ4n) is 1.95. The molecule has 1 unspecified atom stereocenters. The van der Waals surface area contributed by atoms with Crippen molar-refractivity contribution in [3.63, 3.8) is 0 Å². The summed E-state index contributed by atoms with van der Waals surface area (Å²) in [5.41, 5.74) is 2.18. The Bertz CT molecular complexity index is 481. The van der Waals surface area contributed by atoms with Gasteiger partial charge in [0.15, 0.2) is 0 Å². The van der Waals surface area contributed by atoms with E-state index in [-0.39, 0.29) is 4.84 Å². The molecule has 1 aromatic carbocycles. The zero-order valence-corrected chi connectivity index (χ0v) is 11.1. The Hall–Kier alpha value is -0.700. The van der Waals surface area contributed by atoms with Gasteiger partial charge in [0.2, 0.25) is 0 Å². The molecule has 0 bridgehead atoms. The maximum absolute atomic E-state index is 5.81. The number of fused-ring (bicyclic) bond motifs is 1. The van der Waals surface area contributed by atoms with Gasteiger partial charge < -0.3 is 9.73 Å². The van der Waals surface area contributed by atoms with Crippen LogP contribution < -0.4 is 5.32 Å². The lowest BCUT2D eigenvalue weighted by atomic mass is 10.0. The van der Waals surface area contributed by atoms with Crippen LogP contribution in [0.5, 0.6) is 0 Å². The number of alkyl halides is 2. The Morgan fingerprint density at radius 3 is 2.82 bits per heavy atom. The molecule has 4 heteroatoms. The first-order valence-electron chi connectivity index (χ1n) is 5.60. The molecular formula is C13H15Cl2NO. The highest BCUT2D eigenvalue weighted by Crippen LogP contribution is 2.19. The first-order chi connectivity index (χ1) is 8.19. The highest BCUT2D eigenvalue weighted by molar-refractivity contribution is 6.44. The number of hydrogen-bond acceptors (Lipinski definition) is 2. The number of likely N-dealkylation sites (N-methyl/N-ethyl adjacent to an activating group) is 1. The molecule has 0 aliphatic heterocycles. The molecule has 1 N–H and O–H groups in total. The van der Waals surface area contributed by atoms with Crippen molar-refractivity contribution >= 4 is 34.2 Å². The fraction of sp³-hybridized carbons (Fsp3) is 0.385. The second-order valence-electron chi connectivity index (χ2n) is 4.11. The molecule has 0 saturated heterocycles. The van der Waals surface area contributed by atoms with Crippen molar-refractivity contribution in [2.45, 2.75) is 23.7 Å². The average Bonchev–Trinajstić information content (AvgIpc) is 2.74. The number of rotatable bonds is 5. The minimum Gasteiger partial charge on any atom is -0.464 e. The smallest absolute Gasteiger partial charge is 0.133 e. The van der Waals surface area contributed by atoms with E-state index in [4.69, 9.17) is 27.6 Å². The molecule has 0 aliphatic rings. The maximum atomic E-state index is 5.81. The summed E-state index contributed by atoms with van der Waals surface area (Å²) in [6, 6.07) is 8.48. The molecule has 0 saturated carbocycles. The molecular weight excluding hydrogens is 257 g/mol. The van der Waals surface area contributed by atoms with Crippen molar-refractivity contribution < 1.29 is 4.42 Å². The molecule has 0 radical (unpaired) electrons. The van der Waals surface area contributed by atoms with Crippen molar-refractivity contribution in [1.82, 2.24) is 5.32 Å². The predicted octanol–water partition coefficient (Wildman–Crippen LogP) is 3.76. The average molecular weight is 272 g/mol. The second-order valence-corrected chi connectivity index (χ2v) is 5.39. The summed E-state index contributed by atoms with van der Waals surface area (Å²) in [4.78, 5) is -0.329. The van der Waals surface area contributed by atoms with Crippen LogP contribution in [0.2, 0.25) is 0 Å². The molecule has 0 fully saturated rings. The van der Waals surface area contributed by atoms with Crippen LogP contribution in [0.15, 0.2) is 34.9 Å². The van der Waals surface area contributed by atoms with Crippen molar-refractivity contribution in [1.29, 1.82) is 0 Å². The van der Waals surface area contributed by atoms with E-state index in [0.717, 1.165) is 23.8 Å². The van der Waals surface area contributed by atoms with Gasteiger partial charge in [0.05, 0.1) is 6.26 Å². The molecule has 2 rings (SSSR count). The number of furan rings is 1. The predicted molar refractivity (Wildman–Crippen MR) is 72.9 cm³/mol. The molecule has 17 heavy (non-hydrogen) atoms. The van der Waals surface area contributed by atoms with Crippen LogP contribution >= 0.6 is 23.2 Å². The lowest BCUT2D eigenvalue weighted by molar-refractivity contribution is 0.537. The summed E-state index contributed by atoms with van der Waals surface area (Å²) in [6.07, 6.45) is 3.36. The Morgan fingerprint density at radius 2 is 2.12 bits per heavy atom. The van der Waals surface area contributed by atoms with E-state index in [0.29, 0.717) is 6.04 Å². The van der Waals surface area contributed by atoms with Crippen LogP contribution in [0.3, 0.4) is 0 Å². The van der Waals surface area contributed by atoms with Crippen LogP contribution in [0.1, 0.15) is 12.0 Å². The van der Waals surface area contributed by atoms with Crippen LogP contribution in [0.4, 0.5) is 0 Å². The zero-order chi connectivity index (χ0) is 12.3. The van der Waals surface area contributed by atoms with Crippen molar-refractivity contribution in [3.05, 3.63) is 36.1 Å². The SMILES string of the molecule is CNC(Cc1ccc2occc2c1)CC(Cl)Cl. The molecule has 1 atom stereocenters. The first kappa shape index (κ1) is 12.7. The van der Waals surface area contributed by atoms with Crippen LogP contribution in [-0.2, 0) is 6.42 Å². The van der Waals surface area contributed by atoms with E-state index >= 15 is 0 Å². The summed E-state index contributed by atoms with van der Waals surface area (Å²) in [5.74, 6) is 0. The third-order valence-corrected chi connectivity index (χ3v) is 3.23. The number of benzene rings is 1. The van der Waals surface area contributed by atoms with Gasteiger partial charge in [0, 0.05) is 11.4 Å². The Labute approximate surface area is 111 Å². The third kappa shape index (κ3) is 3.38. The van der Waals surface area contributed by atoms with Crippen LogP contribution in [0, 0.1) is 0 Å². The van der Waals surface area contributed by atoms with Gasteiger partial charge in [-0.3, -0.25) is 0 Å². The topological polar surface area (TPSA) is 25.2 Å². The van der Waals surface area contributed by atoms with E-state index < -0.39 is 0 Å². The van der Waals surface area contributed by atoms with Crippen molar-refractivity contribution in [2.75, 3.05) is 7.05 Å². The molecule has 0 spiro atoms. The van der Waals surface area contributed by atoms with Gasteiger partial charge in [-0.15, -0.1) is 23.2 Å². The zero-order valence-electron chi connectivity index (χ0n) is 9.62. The minimum absolute atomic E-state index is 0.291. The quantitative estimate of drug-likeness (QED) is 0.838. The van der Waals surface area contributed by atoms with Gasteiger partial charge in [-0.2, -0.15) is 0 Å². The lowest BCUT2D eigenvalue weighted by Gasteiger charge is -2.16. The summed E-state index contributed by atoms with van der Waals surface area (Å²) in [7, 11) is 1.93. The lowest BCUT2D eigenvalue weighted by Crippen LogP contribution is -2.29. The minimum atomic E-state index is -0.329. The fourth-order valence-corrected chi connectivity index (χ4v) is 2.38. The van der Waals surface area contributed by atoms with Crippen LogP contribution in [0.25, 0.3) is 11.0 Å². The van der Waals surface area contributed by atoms with Crippen molar-refractivity contribution in [3.8, 4) is 0 Å². The van der Waals surface area contributed by atoms with Gasteiger partial charge >= 0.3 is 0 Å². The first-order valence-corrected chi connectivity index (χ1v) is 6.48. The number of nitrogens with one attached hydrogen (secondary N) is 1. The van der Waals surface area contributed by atoms with E-state index in [2.05, 4.69) is 17.4 Å². The van der Waals surface area contributed by atoms with E-state index in [1.165, 1.54) is 5.56 Å². The standard InChI is InChI=1S/C13H15Cl2NO/c1-16-11(8-13(14)15)7-9-2-3-12-10(6-9)4-5-17-12/h2-6,11,13,16H,7-8H2,1H3. The van der Waals surface area contributed by atoms with Gasteiger partial charge in [-0.05, 0) is 43.7 Å². The molecule has 0 aliphatic carbocycles. The normalized spacial score (nSPS) is 13.4. The Morgan fingerprint density at radius 1 is 1.29 bits per heavy atom. The highest BCUT2D eigenvalue weighted by Gasteiger charge is 2.12. The molecule has 0 amide bonds. The summed E-state index contributed by atoms with van der Waals surface area (Å²) in [5, 5.41) is 4.36. The molecule has 92 valence electrons. The maximum Gasteiger partial charge on any atom is 0.133 e. The van der Waals surface area contributed by atoms with Crippen molar-refractivity contribution in [2.24, 2.45) is 0 Å². The van der Waals surface area contributed by atoms with E-state index in [1.54, 1.807) is 6.26 Å². The van der Waals surface area contributed by atoms with Gasteiger partial charge in [-0.25, -0.2) is 0 Å². The summed E-state index contributed by atoms with van der Waals surface area (Å²) in [6.45, 7) is 0.